The monoisotopic (exact) mass is 503 g/mol. The first-order valence-corrected chi connectivity index (χ1v) is 12.5. The van der Waals surface area contributed by atoms with Crippen LogP contribution in [0, 0.1) is 0 Å². The first-order valence-electron chi connectivity index (χ1n) is 12.0. The summed E-state index contributed by atoms with van der Waals surface area (Å²) in [6.45, 7) is 2.81. The predicted molar refractivity (Wildman–Crippen MR) is 129 cm³/mol. The normalized spacial score (nSPS) is 24.5. The number of hydrogen-bond donors (Lipinski definition) is 2. The molecule has 0 aliphatic carbocycles. The smallest absolute Gasteiger partial charge is 0.299 e. The SMILES string of the molecule is O=C1CCC(N2Cc3cc(CN4CCC(c5ccccc5C(F)(F)F)CC4)ccc3C2S)C(=O)N1. The molecule has 0 bridgehead atoms. The molecule has 2 aromatic rings. The number of amides is 2. The van der Waals surface area contributed by atoms with Crippen LogP contribution in [-0.2, 0) is 28.9 Å². The Morgan fingerprint density at radius 3 is 2.46 bits per heavy atom. The van der Waals surface area contributed by atoms with Gasteiger partial charge in [-0.15, -0.1) is 0 Å². The number of imide groups is 1. The van der Waals surface area contributed by atoms with E-state index in [9.17, 15) is 22.8 Å². The minimum atomic E-state index is -4.33. The number of rotatable bonds is 4. The van der Waals surface area contributed by atoms with Gasteiger partial charge in [0.25, 0.3) is 0 Å². The summed E-state index contributed by atoms with van der Waals surface area (Å²) in [5.41, 5.74) is 3.23. The van der Waals surface area contributed by atoms with E-state index >= 15 is 0 Å². The van der Waals surface area contributed by atoms with Crippen molar-refractivity contribution in [2.24, 2.45) is 0 Å². The predicted octanol–water partition coefficient (Wildman–Crippen LogP) is 4.63. The van der Waals surface area contributed by atoms with Crippen molar-refractivity contribution in [1.82, 2.24) is 15.1 Å². The summed E-state index contributed by atoms with van der Waals surface area (Å²) in [6, 6.07) is 11.8. The van der Waals surface area contributed by atoms with Crippen molar-refractivity contribution in [2.45, 2.75) is 62.3 Å². The number of carbonyl (C=O) groups is 2. The third kappa shape index (κ3) is 4.99. The van der Waals surface area contributed by atoms with Gasteiger partial charge in [-0.05, 0) is 66.6 Å². The van der Waals surface area contributed by atoms with Crippen molar-refractivity contribution in [2.75, 3.05) is 13.1 Å². The maximum Gasteiger partial charge on any atom is 0.416 e. The second-order valence-corrected chi connectivity index (χ2v) is 10.2. The van der Waals surface area contributed by atoms with Crippen LogP contribution in [0.5, 0.6) is 0 Å². The van der Waals surface area contributed by atoms with Gasteiger partial charge >= 0.3 is 6.18 Å². The minimum Gasteiger partial charge on any atom is -0.299 e. The summed E-state index contributed by atoms with van der Waals surface area (Å²) in [6.07, 6.45) is -2.11. The van der Waals surface area contributed by atoms with Crippen molar-refractivity contribution < 1.29 is 22.8 Å². The minimum absolute atomic E-state index is 0.0869. The van der Waals surface area contributed by atoms with Gasteiger partial charge in [-0.25, -0.2) is 0 Å². The maximum atomic E-state index is 13.4. The second kappa shape index (κ2) is 9.59. The molecule has 2 aromatic carbocycles. The molecule has 0 radical (unpaired) electrons. The zero-order valence-corrected chi connectivity index (χ0v) is 20.1. The van der Waals surface area contributed by atoms with E-state index in [1.54, 1.807) is 12.1 Å². The van der Waals surface area contributed by atoms with Crippen molar-refractivity contribution in [1.29, 1.82) is 0 Å². The van der Waals surface area contributed by atoms with Gasteiger partial charge in [-0.2, -0.15) is 25.8 Å². The van der Waals surface area contributed by atoms with Crippen LogP contribution >= 0.6 is 12.6 Å². The molecule has 5 nitrogen and oxygen atoms in total. The standard InChI is InChI=1S/C26H28F3N3O2S/c27-26(28,29)21-4-2-1-3-19(21)17-9-11-31(12-10-17)14-16-5-6-20-18(13-16)15-32(25(20)35)22-7-8-23(33)30-24(22)34/h1-6,13,17,22,25,35H,7-12,14-15H2,(H,30,33,34). The summed E-state index contributed by atoms with van der Waals surface area (Å²) < 4.78 is 40.3. The topological polar surface area (TPSA) is 52.7 Å². The number of halogens is 3. The molecule has 186 valence electrons. The number of benzene rings is 2. The Morgan fingerprint density at radius 1 is 1.00 bits per heavy atom. The fourth-order valence-electron chi connectivity index (χ4n) is 5.66. The lowest BCUT2D eigenvalue weighted by Crippen LogP contribution is -2.51. The summed E-state index contributed by atoms with van der Waals surface area (Å²) in [5, 5.41) is 2.22. The molecule has 1 N–H and O–H groups in total. The number of alkyl halides is 3. The molecule has 5 rings (SSSR count). The third-order valence-corrected chi connectivity index (χ3v) is 8.04. The van der Waals surface area contributed by atoms with E-state index in [-0.39, 0.29) is 29.1 Å². The van der Waals surface area contributed by atoms with Crippen LogP contribution in [0.3, 0.4) is 0 Å². The van der Waals surface area contributed by atoms with E-state index in [1.807, 2.05) is 4.90 Å². The molecule has 0 aromatic heterocycles. The highest BCUT2D eigenvalue weighted by Crippen LogP contribution is 2.41. The molecular weight excluding hydrogens is 475 g/mol. The number of likely N-dealkylation sites (tertiary alicyclic amines) is 1. The van der Waals surface area contributed by atoms with Gasteiger partial charge in [0.05, 0.1) is 17.0 Å². The highest BCUT2D eigenvalue weighted by atomic mass is 32.1. The number of hydrogen-bond acceptors (Lipinski definition) is 5. The Labute approximate surface area is 208 Å². The lowest BCUT2D eigenvalue weighted by Gasteiger charge is -2.33. The molecule has 3 aliphatic rings. The number of nitrogens with one attached hydrogen (secondary N) is 1. The Bertz CT molecular complexity index is 1130. The average Bonchev–Trinajstić information content (AvgIpc) is 3.14. The zero-order chi connectivity index (χ0) is 24.7. The van der Waals surface area contributed by atoms with Crippen molar-refractivity contribution in [3.63, 3.8) is 0 Å². The fourth-order valence-corrected chi connectivity index (χ4v) is 6.15. The molecule has 2 fully saturated rings. The van der Waals surface area contributed by atoms with Crippen molar-refractivity contribution in [3.05, 3.63) is 70.3 Å². The van der Waals surface area contributed by atoms with E-state index in [0.717, 1.165) is 36.3 Å². The molecule has 2 atom stereocenters. The van der Waals surface area contributed by atoms with Crippen molar-refractivity contribution >= 4 is 24.4 Å². The lowest BCUT2D eigenvalue weighted by atomic mass is 9.86. The first-order chi connectivity index (χ1) is 16.7. The lowest BCUT2D eigenvalue weighted by molar-refractivity contribution is -0.139. The van der Waals surface area contributed by atoms with Gasteiger partial charge < -0.3 is 0 Å². The quantitative estimate of drug-likeness (QED) is 0.472. The molecule has 2 amide bonds. The van der Waals surface area contributed by atoms with Gasteiger partial charge in [0.1, 0.15) is 0 Å². The highest BCUT2D eigenvalue weighted by molar-refractivity contribution is 7.80. The summed E-state index contributed by atoms with van der Waals surface area (Å²) in [7, 11) is 0. The first kappa shape index (κ1) is 24.3. The van der Waals surface area contributed by atoms with Crippen LogP contribution in [0.15, 0.2) is 42.5 Å². The number of thiol groups is 1. The van der Waals surface area contributed by atoms with Crippen LogP contribution in [0.2, 0.25) is 0 Å². The summed E-state index contributed by atoms with van der Waals surface area (Å²) >= 11 is 4.75. The molecule has 3 heterocycles. The molecule has 2 saturated heterocycles. The van der Waals surface area contributed by atoms with Crippen LogP contribution in [0.1, 0.15) is 64.8 Å². The Hall–Kier alpha value is -2.36. The van der Waals surface area contributed by atoms with Crippen LogP contribution < -0.4 is 5.32 Å². The van der Waals surface area contributed by atoms with Gasteiger partial charge in [-0.1, -0.05) is 36.4 Å². The van der Waals surface area contributed by atoms with E-state index in [2.05, 4.69) is 28.4 Å². The van der Waals surface area contributed by atoms with Crippen molar-refractivity contribution in [3.8, 4) is 0 Å². The average molecular weight is 504 g/mol. The summed E-state index contributed by atoms with van der Waals surface area (Å²) in [5.74, 6) is -0.578. The number of piperidine rings is 2. The van der Waals surface area contributed by atoms with E-state index in [1.165, 1.54) is 12.1 Å². The van der Waals surface area contributed by atoms with E-state index in [0.29, 0.717) is 37.8 Å². The Morgan fingerprint density at radius 2 is 1.74 bits per heavy atom. The highest BCUT2D eigenvalue weighted by Gasteiger charge is 2.39. The van der Waals surface area contributed by atoms with Crippen LogP contribution in [0.4, 0.5) is 13.2 Å². The largest absolute Gasteiger partial charge is 0.416 e. The molecule has 35 heavy (non-hydrogen) atoms. The van der Waals surface area contributed by atoms with E-state index < -0.39 is 11.7 Å². The molecule has 2 unspecified atom stereocenters. The molecule has 9 heteroatoms. The Kier molecular flexibility index (Phi) is 6.67. The van der Waals surface area contributed by atoms with Crippen LogP contribution in [-0.4, -0.2) is 40.7 Å². The van der Waals surface area contributed by atoms with Crippen LogP contribution in [0.25, 0.3) is 0 Å². The number of carbonyl (C=O) groups excluding carboxylic acids is 2. The second-order valence-electron chi connectivity index (χ2n) is 9.68. The van der Waals surface area contributed by atoms with Gasteiger partial charge in [0.15, 0.2) is 0 Å². The zero-order valence-electron chi connectivity index (χ0n) is 19.2. The molecular formula is C26H28F3N3O2S. The fraction of sp³-hybridized carbons (Fsp3) is 0.462. The maximum absolute atomic E-state index is 13.4. The Balaban J connectivity index is 1.22. The number of fused-ring (bicyclic) bond motifs is 1. The van der Waals surface area contributed by atoms with Gasteiger partial charge in [-0.3, -0.25) is 24.7 Å². The third-order valence-electron chi connectivity index (χ3n) is 7.46. The molecule has 3 aliphatic heterocycles. The van der Waals surface area contributed by atoms with E-state index in [4.69, 9.17) is 12.6 Å². The molecule has 0 spiro atoms. The van der Waals surface area contributed by atoms with Gasteiger partial charge in [0.2, 0.25) is 11.8 Å². The van der Waals surface area contributed by atoms with Gasteiger partial charge in [0, 0.05) is 19.5 Å². The molecule has 0 saturated carbocycles. The summed E-state index contributed by atoms with van der Waals surface area (Å²) in [4.78, 5) is 28.2. The number of nitrogens with zero attached hydrogens (tertiary/aromatic N) is 2.